The van der Waals surface area contributed by atoms with Gasteiger partial charge in [0.2, 0.25) is 0 Å². The summed E-state index contributed by atoms with van der Waals surface area (Å²) >= 11 is 0. The summed E-state index contributed by atoms with van der Waals surface area (Å²) in [7, 11) is 2.98. The zero-order chi connectivity index (χ0) is 21.1. The van der Waals surface area contributed by atoms with Gasteiger partial charge in [0.15, 0.2) is 18.1 Å². The zero-order valence-electron chi connectivity index (χ0n) is 16.0. The second-order valence-corrected chi connectivity index (χ2v) is 5.58. The van der Waals surface area contributed by atoms with Crippen molar-refractivity contribution >= 4 is 23.7 Å². The minimum absolute atomic E-state index is 0.230. The number of ether oxygens (including phenoxy) is 3. The lowest BCUT2D eigenvalue weighted by Gasteiger charge is -2.12. The summed E-state index contributed by atoms with van der Waals surface area (Å²) in [5.74, 6) is 0.443. The number of hydrazone groups is 1. The normalized spacial score (nSPS) is 10.1. The monoisotopic (exact) mass is 396 g/mol. The summed E-state index contributed by atoms with van der Waals surface area (Å²) in [5.41, 5.74) is 3.40. The Balaban J connectivity index is 1.96. The topological polar surface area (TPSA) is 122 Å². The van der Waals surface area contributed by atoms with Gasteiger partial charge in [-0.1, -0.05) is 12.1 Å². The Morgan fingerprint density at radius 3 is 2.55 bits per heavy atom. The lowest BCUT2D eigenvalue weighted by molar-refractivity contribution is -0.120. The number of nitrogens with zero attached hydrogens (tertiary/aromatic N) is 2. The van der Waals surface area contributed by atoms with Gasteiger partial charge in [-0.2, -0.15) is 10.4 Å². The Labute approximate surface area is 167 Å². The molecular formula is C20H20N4O5. The molecule has 0 unspecified atom stereocenters. The number of rotatable bonds is 9. The van der Waals surface area contributed by atoms with Gasteiger partial charge in [-0.3, -0.25) is 9.59 Å². The maximum atomic E-state index is 12.2. The van der Waals surface area contributed by atoms with E-state index in [2.05, 4.69) is 15.8 Å². The quantitative estimate of drug-likeness (QED) is 0.494. The van der Waals surface area contributed by atoms with Crippen molar-refractivity contribution < 1.29 is 23.8 Å². The first-order valence-electron chi connectivity index (χ1n) is 8.50. The van der Waals surface area contributed by atoms with E-state index in [1.54, 1.807) is 48.5 Å². The average molecular weight is 396 g/mol. The minimum Gasteiger partial charge on any atom is -0.495 e. The second-order valence-electron chi connectivity index (χ2n) is 5.58. The highest BCUT2D eigenvalue weighted by atomic mass is 16.5. The Kier molecular flexibility index (Phi) is 8.01. The summed E-state index contributed by atoms with van der Waals surface area (Å²) < 4.78 is 16.0. The average Bonchev–Trinajstić information content (AvgIpc) is 2.73. The fourth-order valence-corrected chi connectivity index (χ4v) is 2.25. The third kappa shape index (κ3) is 6.55. The first-order chi connectivity index (χ1) is 14.1. The molecule has 0 bridgehead atoms. The van der Waals surface area contributed by atoms with Crippen molar-refractivity contribution in [1.29, 1.82) is 5.26 Å². The van der Waals surface area contributed by atoms with E-state index in [0.29, 0.717) is 28.5 Å². The maximum Gasteiger partial charge on any atom is 0.262 e. The van der Waals surface area contributed by atoms with Crippen LogP contribution in [0.3, 0.4) is 0 Å². The number of hydrogen-bond donors (Lipinski definition) is 2. The predicted octanol–water partition coefficient (Wildman–Crippen LogP) is 2.09. The number of anilines is 1. The number of methoxy groups -OCH3 is 2. The van der Waals surface area contributed by atoms with Gasteiger partial charge < -0.3 is 19.5 Å². The minimum atomic E-state index is -0.503. The van der Waals surface area contributed by atoms with Crippen molar-refractivity contribution in [2.24, 2.45) is 5.10 Å². The molecule has 0 saturated heterocycles. The predicted molar refractivity (Wildman–Crippen MR) is 106 cm³/mol. The smallest absolute Gasteiger partial charge is 0.262 e. The summed E-state index contributed by atoms with van der Waals surface area (Å²) in [6.45, 7) is -0.230. The largest absolute Gasteiger partial charge is 0.495 e. The molecule has 0 fully saturated rings. The Bertz CT molecular complexity index is 937. The molecule has 0 atom stereocenters. The molecule has 0 spiro atoms. The van der Waals surface area contributed by atoms with Crippen molar-refractivity contribution in [2.45, 2.75) is 6.42 Å². The molecule has 0 aliphatic rings. The Morgan fingerprint density at radius 1 is 1.07 bits per heavy atom. The van der Waals surface area contributed by atoms with Crippen LogP contribution in [-0.2, 0) is 9.59 Å². The highest BCUT2D eigenvalue weighted by molar-refractivity contribution is 5.93. The molecule has 9 heteroatoms. The molecule has 0 radical (unpaired) electrons. The Hall–Kier alpha value is -4.06. The van der Waals surface area contributed by atoms with Crippen molar-refractivity contribution in [3.63, 3.8) is 0 Å². The van der Waals surface area contributed by atoms with Gasteiger partial charge >= 0.3 is 0 Å². The van der Waals surface area contributed by atoms with Crippen LogP contribution in [0.5, 0.6) is 17.2 Å². The molecule has 2 aromatic rings. The molecule has 0 aromatic heterocycles. The van der Waals surface area contributed by atoms with E-state index in [-0.39, 0.29) is 18.9 Å². The van der Waals surface area contributed by atoms with Crippen molar-refractivity contribution in [2.75, 3.05) is 26.1 Å². The molecule has 0 saturated carbocycles. The van der Waals surface area contributed by atoms with Gasteiger partial charge in [0.1, 0.15) is 12.2 Å². The van der Waals surface area contributed by atoms with E-state index < -0.39 is 5.91 Å². The molecule has 2 rings (SSSR count). The summed E-state index contributed by atoms with van der Waals surface area (Å²) in [6.07, 6.45) is 1.13. The van der Waals surface area contributed by atoms with Crippen molar-refractivity contribution in [1.82, 2.24) is 5.43 Å². The first kappa shape index (κ1) is 21.2. The lowest BCUT2D eigenvalue weighted by atomic mass is 10.2. The fourth-order valence-electron chi connectivity index (χ4n) is 2.25. The number of benzene rings is 2. The van der Waals surface area contributed by atoms with E-state index in [1.807, 2.05) is 0 Å². The molecule has 29 heavy (non-hydrogen) atoms. The van der Waals surface area contributed by atoms with Gasteiger partial charge in [0.25, 0.3) is 11.8 Å². The highest BCUT2D eigenvalue weighted by Gasteiger charge is 2.10. The van der Waals surface area contributed by atoms with Crippen LogP contribution in [-0.4, -0.2) is 38.9 Å². The van der Waals surface area contributed by atoms with Gasteiger partial charge in [0.05, 0.1) is 32.2 Å². The van der Waals surface area contributed by atoms with Gasteiger partial charge in [-0.25, -0.2) is 5.43 Å². The van der Waals surface area contributed by atoms with Crippen LogP contribution in [0.2, 0.25) is 0 Å². The van der Waals surface area contributed by atoms with E-state index in [0.717, 1.165) is 0 Å². The second kappa shape index (κ2) is 10.9. The molecule has 0 aliphatic heterocycles. The van der Waals surface area contributed by atoms with Crippen LogP contribution in [0, 0.1) is 11.3 Å². The summed E-state index contributed by atoms with van der Waals surface area (Å²) in [4.78, 5) is 23.4. The van der Waals surface area contributed by atoms with Gasteiger partial charge in [0, 0.05) is 0 Å². The number of carbonyl (C=O) groups is 2. The first-order valence-corrected chi connectivity index (χ1v) is 8.50. The summed E-state index contributed by atoms with van der Waals surface area (Å²) in [5, 5.41) is 14.9. The molecule has 150 valence electrons. The zero-order valence-corrected chi connectivity index (χ0v) is 16.0. The van der Waals surface area contributed by atoms with Gasteiger partial charge in [-0.15, -0.1) is 0 Å². The van der Waals surface area contributed by atoms with Crippen molar-refractivity contribution in [3.8, 4) is 23.3 Å². The Morgan fingerprint density at radius 2 is 1.83 bits per heavy atom. The maximum absolute atomic E-state index is 12.2. The number of nitrogens with one attached hydrogen (secondary N) is 2. The molecule has 0 heterocycles. The molecule has 9 nitrogen and oxygen atoms in total. The van der Waals surface area contributed by atoms with E-state index in [9.17, 15) is 9.59 Å². The van der Waals surface area contributed by atoms with Crippen LogP contribution in [0.15, 0.2) is 47.6 Å². The van der Waals surface area contributed by atoms with Crippen LogP contribution >= 0.6 is 0 Å². The molecule has 0 aliphatic carbocycles. The van der Waals surface area contributed by atoms with E-state index in [4.69, 9.17) is 19.5 Å². The molecule has 2 amide bonds. The van der Waals surface area contributed by atoms with Crippen LogP contribution < -0.4 is 25.0 Å². The number of amides is 2. The van der Waals surface area contributed by atoms with E-state index in [1.165, 1.54) is 20.4 Å². The number of para-hydroxylation sites is 2. The van der Waals surface area contributed by atoms with E-state index >= 15 is 0 Å². The molecule has 2 aromatic carbocycles. The number of nitriles is 1. The third-order valence-electron chi connectivity index (χ3n) is 3.57. The standard InChI is InChI=1S/C20H20N4O5/c1-27-16-6-4-3-5-15(16)23-20(26)13-29-17-8-7-14(11-18(17)28-2)12-22-24-19(25)9-10-21/h3-8,11-12H,9,13H2,1-2H3,(H,23,26)(H,24,25)/b22-12-. The van der Waals surface area contributed by atoms with Crippen molar-refractivity contribution in [3.05, 3.63) is 48.0 Å². The third-order valence-corrected chi connectivity index (χ3v) is 3.57. The van der Waals surface area contributed by atoms with Crippen LogP contribution in [0.25, 0.3) is 0 Å². The fraction of sp³-hybridized carbons (Fsp3) is 0.200. The lowest BCUT2D eigenvalue weighted by Crippen LogP contribution is -2.20. The SMILES string of the molecule is COc1ccccc1NC(=O)COc1ccc(/C=N\NC(=O)CC#N)cc1OC. The number of hydrogen-bond acceptors (Lipinski definition) is 7. The summed E-state index contributed by atoms with van der Waals surface area (Å²) in [6, 6.07) is 13.7. The van der Waals surface area contributed by atoms with Crippen LogP contribution in [0.1, 0.15) is 12.0 Å². The molecule has 2 N–H and O–H groups in total. The number of carbonyl (C=O) groups excluding carboxylic acids is 2. The van der Waals surface area contributed by atoms with Gasteiger partial charge in [-0.05, 0) is 35.9 Å². The van der Waals surface area contributed by atoms with Crippen LogP contribution in [0.4, 0.5) is 5.69 Å². The highest BCUT2D eigenvalue weighted by Crippen LogP contribution is 2.28. The molecular weight excluding hydrogens is 376 g/mol.